The Hall–Kier alpha value is -2.01. The Morgan fingerprint density at radius 3 is 2.67 bits per heavy atom. The van der Waals surface area contributed by atoms with Gasteiger partial charge in [-0.05, 0) is 48.9 Å². The lowest BCUT2D eigenvalue weighted by atomic mass is 10.2. The van der Waals surface area contributed by atoms with Gasteiger partial charge in [-0.25, -0.2) is 4.98 Å². The van der Waals surface area contributed by atoms with Crippen molar-refractivity contribution in [2.45, 2.75) is 13.3 Å². The van der Waals surface area contributed by atoms with Crippen LogP contribution in [0.4, 0.5) is 5.95 Å². The molecule has 2 N–H and O–H groups in total. The Morgan fingerprint density at radius 2 is 1.95 bits per heavy atom. The monoisotopic (exact) mass is 345 g/mol. The van der Waals surface area contributed by atoms with Crippen LogP contribution >= 0.6 is 15.9 Å². The lowest BCUT2D eigenvalue weighted by Gasteiger charge is -2.09. The van der Waals surface area contributed by atoms with Crippen molar-refractivity contribution in [3.63, 3.8) is 0 Å². The van der Waals surface area contributed by atoms with Gasteiger partial charge in [0.05, 0.1) is 17.6 Å². The van der Waals surface area contributed by atoms with Crippen LogP contribution in [-0.4, -0.2) is 16.2 Å². The van der Waals surface area contributed by atoms with E-state index in [1.165, 1.54) is 0 Å². The molecule has 3 aromatic rings. The summed E-state index contributed by atoms with van der Waals surface area (Å²) in [5, 5.41) is 0. The normalized spacial score (nSPS) is 11.0. The minimum atomic E-state index is 0.477. The number of aromatic nitrogens is 2. The van der Waals surface area contributed by atoms with Crippen molar-refractivity contribution in [1.82, 2.24) is 9.55 Å². The maximum atomic E-state index is 6.06. The molecule has 1 aromatic heterocycles. The van der Waals surface area contributed by atoms with E-state index in [-0.39, 0.29) is 0 Å². The topological polar surface area (TPSA) is 53.1 Å². The van der Waals surface area contributed by atoms with Crippen LogP contribution in [0, 0.1) is 0 Å². The molecule has 108 valence electrons. The lowest BCUT2D eigenvalue weighted by molar-refractivity contribution is 0.317. The number of anilines is 1. The van der Waals surface area contributed by atoms with E-state index in [1.807, 2.05) is 47.0 Å². The molecule has 0 fully saturated rings. The fraction of sp³-hybridized carbons (Fsp3) is 0.188. The summed E-state index contributed by atoms with van der Waals surface area (Å²) < 4.78 is 8.53. The van der Waals surface area contributed by atoms with Gasteiger partial charge in [-0.1, -0.05) is 22.9 Å². The average Bonchev–Trinajstić information content (AvgIpc) is 2.81. The van der Waals surface area contributed by atoms with Crippen molar-refractivity contribution >= 4 is 32.9 Å². The summed E-state index contributed by atoms with van der Waals surface area (Å²) in [5.41, 5.74) is 8.88. The standard InChI is InChI=1S/C16H16BrN3O/c1-2-9-21-13-6-4-12(5-7-13)20-15-10-11(17)3-8-14(15)19-16(20)18/h3-8,10H,2,9H2,1H3,(H2,18,19). The molecular formula is C16H16BrN3O. The van der Waals surface area contributed by atoms with Gasteiger partial charge in [-0.2, -0.15) is 0 Å². The van der Waals surface area contributed by atoms with Gasteiger partial charge in [-0.15, -0.1) is 0 Å². The molecule has 0 aliphatic carbocycles. The van der Waals surface area contributed by atoms with Crippen molar-refractivity contribution in [3.8, 4) is 11.4 Å². The zero-order valence-corrected chi connectivity index (χ0v) is 13.3. The molecular weight excluding hydrogens is 330 g/mol. The van der Waals surface area contributed by atoms with Gasteiger partial charge >= 0.3 is 0 Å². The zero-order valence-electron chi connectivity index (χ0n) is 11.7. The highest BCUT2D eigenvalue weighted by atomic mass is 79.9. The number of nitrogens with two attached hydrogens (primary N) is 1. The van der Waals surface area contributed by atoms with Gasteiger partial charge in [0.25, 0.3) is 0 Å². The Bertz CT molecular complexity index is 765. The molecule has 0 atom stereocenters. The highest BCUT2D eigenvalue weighted by molar-refractivity contribution is 9.10. The zero-order chi connectivity index (χ0) is 14.8. The fourth-order valence-electron chi connectivity index (χ4n) is 2.25. The minimum absolute atomic E-state index is 0.477. The predicted octanol–water partition coefficient (Wildman–Crippen LogP) is 4.16. The van der Waals surface area contributed by atoms with Crippen molar-refractivity contribution in [2.24, 2.45) is 0 Å². The van der Waals surface area contributed by atoms with Crippen LogP contribution < -0.4 is 10.5 Å². The van der Waals surface area contributed by atoms with E-state index in [4.69, 9.17) is 10.5 Å². The molecule has 4 nitrogen and oxygen atoms in total. The third-order valence-corrected chi connectivity index (χ3v) is 3.70. The molecule has 5 heteroatoms. The average molecular weight is 346 g/mol. The molecule has 3 rings (SSSR count). The van der Waals surface area contributed by atoms with Gasteiger partial charge in [-0.3, -0.25) is 4.57 Å². The molecule has 0 saturated heterocycles. The maximum Gasteiger partial charge on any atom is 0.205 e. The van der Waals surface area contributed by atoms with Crippen molar-refractivity contribution in [2.75, 3.05) is 12.3 Å². The van der Waals surface area contributed by atoms with Gasteiger partial charge in [0.1, 0.15) is 5.75 Å². The number of hydrogen-bond acceptors (Lipinski definition) is 3. The molecule has 0 amide bonds. The first-order valence-corrected chi connectivity index (χ1v) is 7.65. The van der Waals surface area contributed by atoms with E-state index in [0.717, 1.165) is 40.0 Å². The summed E-state index contributed by atoms with van der Waals surface area (Å²) in [5.74, 6) is 1.34. The van der Waals surface area contributed by atoms with Crippen molar-refractivity contribution in [1.29, 1.82) is 0 Å². The second-order valence-electron chi connectivity index (χ2n) is 4.78. The molecule has 1 heterocycles. The number of halogens is 1. The summed E-state index contributed by atoms with van der Waals surface area (Å²) in [6, 6.07) is 13.8. The van der Waals surface area contributed by atoms with E-state index >= 15 is 0 Å². The van der Waals surface area contributed by atoms with Gasteiger partial charge in [0.2, 0.25) is 5.95 Å². The Balaban J connectivity index is 2.03. The van der Waals surface area contributed by atoms with Crippen LogP contribution in [0.25, 0.3) is 16.7 Å². The Labute approximate surface area is 131 Å². The van der Waals surface area contributed by atoms with Crippen LogP contribution in [0.2, 0.25) is 0 Å². The molecule has 0 spiro atoms. The molecule has 2 aromatic carbocycles. The second kappa shape index (κ2) is 5.77. The molecule has 0 unspecified atom stereocenters. The van der Waals surface area contributed by atoms with E-state index in [9.17, 15) is 0 Å². The van der Waals surface area contributed by atoms with Crippen LogP contribution in [-0.2, 0) is 0 Å². The highest BCUT2D eigenvalue weighted by Crippen LogP contribution is 2.26. The summed E-state index contributed by atoms with van der Waals surface area (Å²) in [7, 11) is 0. The number of nitrogens with zero attached hydrogens (tertiary/aromatic N) is 2. The highest BCUT2D eigenvalue weighted by Gasteiger charge is 2.10. The number of fused-ring (bicyclic) bond motifs is 1. The van der Waals surface area contributed by atoms with Crippen LogP contribution in [0.15, 0.2) is 46.9 Å². The first kappa shape index (κ1) is 13.9. The molecule has 0 bridgehead atoms. The Kier molecular flexibility index (Phi) is 3.84. The smallest absolute Gasteiger partial charge is 0.205 e. The van der Waals surface area contributed by atoms with E-state index in [2.05, 4.69) is 27.8 Å². The molecule has 0 radical (unpaired) electrons. The quantitative estimate of drug-likeness (QED) is 0.772. The van der Waals surface area contributed by atoms with E-state index < -0.39 is 0 Å². The maximum absolute atomic E-state index is 6.06. The summed E-state index contributed by atoms with van der Waals surface area (Å²) in [6.45, 7) is 2.81. The summed E-state index contributed by atoms with van der Waals surface area (Å²) >= 11 is 3.49. The number of benzene rings is 2. The van der Waals surface area contributed by atoms with E-state index in [1.54, 1.807) is 0 Å². The largest absolute Gasteiger partial charge is 0.494 e. The van der Waals surface area contributed by atoms with E-state index in [0.29, 0.717) is 5.95 Å². The number of imidazole rings is 1. The number of nitrogen functional groups attached to an aromatic ring is 1. The Morgan fingerprint density at radius 1 is 1.19 bits per heavy atom. The van der Waals surface area contributed by atoms with Crippen molar-refractivity contribution in [3.05, 3.63) is 46.9 Å². The molecule has 0 aliphatic heterocycles. The van der Waals surface area contributed by atoms with Gasteiger partial charge < -0.3 is 10.5 Å². The second-order valence-corrected chi connectivity index (χ2v) is 5.70. The molecule has 21 heavy (non-hydrogen) atoms. The first-order valence-electron chi connectivity index (χ1n) is 6.85. The van der Waals surface area contributed by atoms with Crippen molar-refractivity contribution < 1.29 is 4.74 Å². The van der Waals surface area contributed by atoms with Gasteiger partial charge in [0.15, 0.2) is 0 Å². The third-order valence-electron chi connectivity index (χ3n) is 3.21. The van der Waals surface area contributed by atoms with Crippen LogP contribution in [0.5, 0.6) is 5.75 Å². The molecule has 0 saturated carbocycles. The summed E-state index contributed by atoms with van der Waals surface area (Å²) in [6.07, 6.45) is 0.995. The van der Waals surface area contributed by atoms with Gasteiger partial charge in [0, 0.05) is 10.2 Å². The fourth-order valence-corrected chi connectivity index (χ4v) is 2.60. The predicted molar refractivity (Wildman–Crippen MR) is 89.0 cm³/mol. The van der Waals surface area contributed by atoms with Crippen LogP contribution in [0.3, 0.4) is 0 Å². The minimum Gasteiger partial charge on any atom is -0.494 e. The number of hydrogen-bond donors (Lipinski definition) is 1. The third kappa shape index (κ3) is 2.74. The van der Waals surface area contributed by atoms with Crippen LogP contribution in [0.1, 0.15) is 13.3 Å². The number of ether oxygens (including phenoxy) is 1. The summed E-state index contributed by atoms with van der Waals surface area (Å²) in [4.78, 5) is 4.39. The molecule has 0 aliphatic rings. The first-order chi connectivity index (χ1) is 10.2. The lowest BCUT2D eigenvalue weighted by Crippen LogP contribution is -2.01. The number of rotatable bonds is 4. The SMILES string of the molecule is CCCOc1ccc(-n2c(N)nc3ccc(Br)cc32)cc1.